The zero-order valence-corrected chi connectivity index (χ0v) is 10.9. The van der Waals surface area contributed by atoms with Crippen molar-refractivity contribution < 1.29 is 14.3 Å². The Morgan fingerprint density at radius 3 is 3.00 bits per heavy atom. The molecule has 0 unspecified atom stereocenters. The van der Waals surface area contributed by atoms with Crippen LogP contribution in [0.2, 0.25) is 0 Å². The third kappa shape index (κ3) is 3.88. The highest BCUT2D eigenvalue weighted by molar-refractivity contribution is 5.87. The lowest BCUT2D eigenvalue weighted by atomic mass is 10.1. The average Bonchev–Trinajstić information content (AvgIpc) is 2.86. The highest BCUT2D eigenvalue weighted by atomic mass is 16.7. The molecular formula is C15H17NO3. The van der Waals surface area contributed by atoms with Crippen LogP contribution in [0.1, 0.15) is 12.5 Å². The van der Waals surface area contributed by atoms with E-state index in [4.69, 9.17) is 9.47 Å². The number of amides is 1. The van der Waals surface area contributed by atoms with Crippen LogP contribution in [0, 0.1) is 0 Å². The molecule has 0 aliphatic carbocycles. The molecule has 1 aromatic rings. The zero-order chi connectivity index (χ0) is 13.5. The number of hydrogen-bond acceptors (Lipinski definition) is 3. The summed E-state index contributed by atoms with van der Waals surface area (Å²) in [5.41, 5.74) is 1.11. The predicted octanol–water partition coefficient (Wildman–Crippen LogP) is 2.21. The van der Waals surface area contributed by atoms with Crippen molar-refractivity contribution in [2.45, 2.75) is 13.3 Å². The van der Waals surface area contributed by atoms with Gasteiger partial charge in [-0.05, 0) is 31.0 Å². The number of nitrogens with one attached hydrogen (secondary N) is 1. The summed E-state index contributed by atoms with van der Waals surface area (Å²) in [4.78, 5) is 11.4. The van der Waals surface area contributed by atoms with E-state index in [0.717, 1.165) is 23.5 Å². The number of rotatable bonds is 5. The van der Waals surface area contributed by atoms with Gasteiger partial charge in [0.25, 0.3) is 0 Å². The summed E-state index contributed by atoms with van der Waals surface area (Å²) in [6.07, 6.45) is 7.68. The molecule has 0 aromatic heterocycles. The summed E-state index contributed by atoms with van der Waals surface area (Å²) < 4.78 is 10.5. The molecule has 1 N–H and O–H groups in total. The Morgan fingerprint density at radius 2 is 2.16 bits per heavy atom. The first-order valence-corrected chi connectivity index (χ1v) is 6.25. The number of ether oxygens (including phenoxy) is 2. The minimum Gasteiger partial charge on any atom is -0.454 e. The molecule has 4 nitrogen and oxygen atoms in total. The Balaban J connectivity index is 1.78. The van der Waals surface area contributed by atoms with E-state index >= 15 is 0 Å². The fraction of sp³-hybridized carbons (Fsp3) is 0.267. The normalized spacial score (nSPS) is 13.3. The van der Waals surface area contributed by atoms with Crippen LogP contribution in [-0.2, 0) is 11.2 Å². The molecule has 2 rings (SSSR count). The molecule has 0 bridgehead atoms. The van der Waals surface area contributed by atoms with E-state index in [1.807, 2.05) is 37.3 Å². The highest BCUT2D eigenvalue weighted by Gasteiger charge is 2.12. The van der Waals surface area contributed by atoms with Crippen LogP contribution >= 0.6 is 0 Å². The lowest BCUT2D eigenvalue weighted by Gasteiger charge is -2.04. The molecule has 1 aliphatic rings. The summed E-state index contributed by atoms with van der Waals surface area (Å²) in [7, 11) is 0. The fourth-order valence-corrected chi connectivity index (χ4v) is 1.74. The van der Waals surface area contributed by atoms with Crippen molar-refractivity contribution in [1.82, 2.24) is 5.32 Å². The number of hydrogen-bond donors (Lipinski definition) is 1. The monoisotopic (exact) mass is 259 g/mol. The second kappa shape index (κ2) is 6.64. The highest BCUT2D eigenvalue weighted by Crippen LogP contribution is 2.32. The topological polar surface area (TPSA) is 47.6 Å². The van der Waals surface area contributed by atoms with E-state index in [9.17, 15) is 4.79 Å². The van der Waals surface area contributed by atoms with Gasteiger partial charge in [0.15, 0.2) is 11.5 Å². The summed E-state index contributed by atoms with van der Waals surface area (Å²) >= 11 is 0. The molecule has 4 heteroatoms. The zero-order valence-electron chi connectivity index (χ0n) is 10.9. The van der Waals surface area contributed by atoms with Gasteiger partial charge in [-0.15, -0.1) is 0 Å². The number of allylic oxidation sites excluding steroid dienone is 3. The SMILES string of the molecule is CC=CC=CC(=O)NCCc1ccc2c(c1)OCO2. The van der Waals surface area contributed by atoms with Crippen molar-refractivity contribution in [2.75, 3.05) is 13.3 Å². The van der Waals surface area contributed by atoms with Crippen LogP contribution in [-0.4, -0.2) is 19.2 Å². The third-order valence-electron chi connectivity index (χ3n) is 2.70. The molecule has 0 saturated carbocycles. The maximum Gasteiger partial charge on any atom is 0.243 e. The number of carbonyl (C=O) groups excluding carboxylic acids is 1. The van der Waals surface area contributed by atoms with Gasteiger partial charge in [0.1, 0.15) is 0 Å². The maximum absolute atomic E-state index is 11.4. The second-order valence-corrected chi connectivity index (χ2v) is 4.11. The minimum atomic E-state index is -0.0844. The maximum atomic E-state index is 11.4. The van der Waals surface area contributed by atoms with E-state index in [2.05, 4.69) is 5.32 Å². The summed E-state index contributed by atoms with van der Waals surface area (Å²) in [5.74, 6) is 1.47. The molecule has 0 atom stereocenters. The molecule has 0 fully saturated rings. The van der Waals surface area contributed by atoms with E-state index in [1.54, 1.807) is 6.08 Å². The molecule has 0 saturated heterocycles. The molecule has 0 radical (unpaired) electrons. The molecule has 1 heterocycles. The van der Waals surface area contributed by atoms with Gasteiger partial charge >= 0.3 is 0 Å². The quantitative estimate of drug-likeness (QED) is 0.651. The summed E-state index contributed by atoms with van der Waals surface area (Å²) in [6.45, 7) is 2.78. The van der Waals surface area contributed by atoms with Crippen LogP contribution in [0.3, 0.4) is 0 Å². The van der Waals surface area contributed by atoms with Gasteiger partial charge in [-0.3, -0.25) is 4.79 Å². The van der Waals surface area contributed by atoms with Gasteiger partial charge in [-0.25, -0.2) is 0 Å². The van der Waals surface area contributed by atoms with E-state index < -0.39 is 0 Å². The van der Waals surface area contributed by atoms with Crippen LogP contribution in [0.15, 0.2) is 42.5 Å². The van der Waals surface area contributed by atoms with Crippen molar-refractivity contribution in [1.29, 1.82) is 0 Å². The Morgan fingerprint density at radius 1 is 1.32 bits per heavy atom. The van der Waals surface area contributed by atoms with Gasteiger partial charge in [0, 0.05) is 12.6 Å². The first kappa shape index (κ1) is 13.2. The lowest BCUT2D eigenvalue weighted by Crippen LogP contribution is -2.23. The van der Waals surface area contributed by atoms with Crippen molar-refractivity contribution in [3.8, 4) is 11.5 Å². The molecule has 1 aliphatic heterocycles. The summed E-state index contributed by atoms with van der Waals surface area (Å²) in [5, 5.41) is 2.83. The Labute approximate surface area is 112 Å². The standard InChI is InChI=1S/C15H17NO3/c1-2-3-4-5-15(17)16-9-8-12-6-7-13-14(10-12)19-11-18-13/h2-7,10H,8-9,11H2,1H3,(H,16,17). The van der Waals surface area contributed by atoms with Crippen molar-refractivity contribution in [3.05, 3.63) is 48.1 Å². The van der Waals surface area contributed by atoms with Crippen LogP contribution in [0.5, 0.6) is 11.5 Å². The Kier molecular flexibility index (Phi) is 4.61. The molecule has 1 aromatic carbocycles. The number of benzene rings is 1. The van der Waals surface area contributed by atoms with Gasteiger partial charge < -0.3 is 14.8 Å². The Bertz CT molecular complexity index is 506. The number of fused-ring (bicyclic) bond motifs is 1. The minimum absolute atomic E-state index is 0.0844. The molecule has 19 heavy (non-hydrogen) atoms. The second-order valence-electron chi connectivity index (χ2n) is 4.11. The third-order valence-corrected chi connectivity index (χ3v) is 2.70. The van der Waals surface area contributed by atoms with Crippen molar-refractivity contribution in [3.63, 3.8) is 0 Å². The fourth-order valence-electron chi connectivity index (χ4n) is 1.74. The van der Waals surface area contributed by atoms with Crippen molar-refractivity contribution in [2.24, 2.45) is 0 Å². The van der Waals surface area contributed by atoms with E-state index in [1.165, 1.54) is 6.08 Å². The van der Waals surface area contributed by atoms with Crippen LogP contribution in [0.25, 0.3) is 0 Å². The van der Waals surface area contributed by atoms with Crippen LogP contribution in [0.4, 0.5) is 0 Å². The van der Waals surface area contributed by atoms with Crippen LogP contribution < -0.4 is 14.8 Å². The first-order chi connectivity index (χ1) is 9.29. The first-order valence-electron chi connectivity index (χ1n) is 6.25. The van der Waals surface area contributed by atoms with Gasteiger partial charge in [-0.2, -0.15) is 0 Å². The lowest BCUT2D eigenvalue weighted by molar-refractivity contribution is -0.116. The smallest absolute Gasteiger partial charge is 0.243 e. The molecular weight excluding hydrogens is 242 g/mol. The predicted molar refractivity (Wildman–Crippen MR) is 73.2 cm³/mol. The molecule has 0 spiro atoms. The molecule has 100 valence electrons. The van der Waals surface area contributed by atoms with Crippen molar-refractivity contribution >= 4 is 5.91 Å². The van der Waals surface area contributed by atoms with Gasteiger partial charge in [-0.1, -0.05) is 24.3 Å². The Hall–Kier alpha value is -2.23. The van der Waals surface area contributed by atoms with E-state index in [-0.39, 0.29) is 12.7 Å². The van der Waals surface area contributed by atoms with Gasteiger partial charge in [0.2, 0.25) is 12.7 Å². The average molecular weight is 259 g/mol. The largest absolute Gasteiger partial charge is 0.454 e. The number of carbonyl (C=O) groups is 1. The molecule has 1 amide bonds. The summed E-state index contributed by atoms with van der Waals surface area (Å²) in [6, 6.07) is 5.82. The van der Waals surface area contributed by atoms with Gasteiger partial charge in [0.05, 0.1) is 0 Å². The van der Waals surface area contributed by atoms with E-state index in [0.29, 0.717) is 6.54 Å².